The molecule has 0 aromatic rings. The first-order valence-corrected chi connectivity index (χ1v) is 5.56. The van der Waals surface area contributed by atoms with Crippen molar-refractivity contribution in [2.24, 2.45) is 5.41 Å². The number of allylic oxidation sites excluding steroid dienone is 1. The van der Waals surface area contributed by atoms with Gasteiger partial charge in [0.25, 0.3) is 0 Å². The van der Waals surface area contributed by atoms with E-state index in [2.05, 4.69) is 38.7 Å². The van der Waals surface area contributed by atoms with E-state index in [1.165, 1.54) is 11.6 Å². The first kappa shape index (κ1) is 12.0. The molecule has 0 aromatic heterocycles. The molecule has 0 heterocycles. The van der Waals surface area contributed by atoms with Gasteiger partial charge in [-0.3, -0.25) is 4.79 Å². The maximum absolute atomic E-state index is 11.1. The quantitative estimate of drug-likeness (QED) is 0.547. The van der Waals surface area contributed by atoms with Crippen LogP contribution in [0.1, 0.15) is 40.0 Å². The molecule has 84 valence electrons. The van der Waals surface area contributed by atoms with E-state index in [0.717, 1.165) is 19.3 Å². The van der Waals surface area contributed by atoms with Gasteiger partial charge in [0.05, 0.1) is 0 Å². The fourth-order valence-corrected chi connectivity index (χ4v) is 1.91. The highest BCUT2D eigenvalue weighted by atomic mass is 16.1. The van der Waals surface area contributed by atoms with Crippen molar-refractivity contribution in [2.45, 2.75) is 46.1 Å². The van der Waals surface area contributed by atoms with Crippen LogP contribution in [0, 0.1) is 5.41 Å². The molecule has 1 amide bonds. The normalized spacial score (nSPS) is 21.8. The third-order valence-corrected chi connectivity index (χ3v) is 2.91. The molecule has 1 aliphatic carbocycles. The van der Waals surface area contributed by atoms with E-state index in [1.807, 2.05) is 0 Å². The van der Waals surface area contributed by atoms with Crippen LogP contribution in [0.4, 0.5) is 0 Å². The summed E-state index contributed by atoms with van der Waals surface area (Å²) in [6, 6.07) is 0.293. The van der Waals surface area contributed by atoms with Crippen molar-refractivity contribution < 1.29 is 4.79 Å². The van der Waals surface area contributed by atoms with Crippen LogP contribution in [0.15, 0.2) is 24.3 Å². The molecule has 0 aliphatic heterocycles. The molecule has 1 rings (SSSR count). The van der Waals surface area contributed by atoms with E-state index < -0.39 is 0 Å². The Morgan fingerprint density at radius 1 is 1.60 bits per heavy atom. The number of amides is 1. The molecule has 2 heteroatoms. The number of hydrogen-bond acceptors (Lipinski definition) is 1. The summed E-state index contributed by atoms with van der Waals surface area (Å²) in [5.74, 6) is -0.0624. The van der Waals surface area contributed by atoms with Gasteiger partial charge in [-0.05, 0) is 30.8 Å². The van der Waals surface area contributed by atoms with Crippen LogP contribution in [0.3, 0.4) is 0 Å². The lowest BCUT2D eigenvalue weighted by Gasteiger charge is -2.29. The second kappa shape index (κ2) is 4.65. The topological polar surface area (TPSA) is 29.1 Å². The molecule has 0 fully saturated rings. The average Bonchev–Trinajstić information content (AvgIpc) is 2.17. The first-order chi connectivity index (χ1) is 6.93. The molecule has 0 saturated heterocycles. The summed E-state index contributed by atoms with van der Waals surface area (Å²) in [5.41, 5.74) is 1.78. The molecular formula is C13H21NO. The van der Waals surface area contributed by atoms with Gasteiger partial charge >= 0.3 is 0 Å². The zero-order valence-corrected chi connectivity index (χ0v) is 9.97. The van der Waals surface area contributed by atoms with E-state index in [-0.39, 0.29) is 11.3 Å². The zero-order chi connectivity index (χ0) is 11.5. The summed E-state index contributed by atoms with van der Waals surface area (Å²) in [6.45, 7) is 10.2. The number of rotatable bonds is 2. The first-order valence-electron chi connectivity index (χ1n) is 5.56. The highest BCUT2D eigenvalue weighted by molar-refractivity contribution is 5.87. The summed E-state index contributed by atoms with van der Waals surface area (Å²) in [6.07, 6.45) is 6.70. The fraction of sp³-hybridized carbons (Fsp3) is 0.615. The van der Waals surface area contributed by atoms with Crippen molar-refractivity contribution in [2.75, 3.05) is 0 Å². The van der Waals surface area contributed by atoms with Crippen LogP contribution >= 0.6 is 0 Å². The Hall–Kier alpha value is -1.05. The minimum absolute atomic E-state index is 0.0624. The maximum Gasteiger partial charge on any atom is 0.243 e. The molecule has 1 unspecified atom stereocenters. The lowest BCUT2D eigenvalue weighted by molar-refractivity contribution is -0.117. The van der Waals surface area contributed by atoms with Gasteiger partial charge in [0.1, 0.15) is 0 Å². The standard InChI is InChI=1S/C13H21NO/c1-5-12(15)14-11-8-6-10(7-9-11)13(2,3)4/h5-6,11H,1,7-9H2,2-4H3,(H,14,15). The van der Waals surface area contributed by atoms with E-state index in [4.69, 9.17) is 0 Å². The molecule has 15 heavy (non-hydrogen) atoms. The molecule has 2 nitrogen and oxygen atoms in total. The van der Waals surface area contributed by atoms with Crippen LogP contribution in [0.5, 0.6) is 0 Å². The number of hydrogen-bond donors (Lipinski definition) is 1. The van der Waals surface area contributed by atoms with Crippen molar-refractivity contribution in [3.05, 3.63) is 24.3 Å². The summed E-state index contributed by atoms with van der Waals surface area (Å²) < 4.78 is 0. The van der Waals surface area contributed by atoms with Crippen LogP contribution in [0.2, 0.25) is 0 Å². The predicted molar refractivity (Wildman–Crippen MR) is 63.5 cm³/mol. The molecular weight excluding hydrogens is 186 g/mol. The minimum Gasteiger partial charge on any atom is -0.350 e. The molecule has 0 aromatic carbocycles. The monoisotopic (exact) mass is 207 g/mol. The highest BCUT2D eigenvalue weighted by Crippen LogP contribution is 2.33. The third-order valence-electron chi connectivity index (χ3n) is 2.91. The Morgan fingerprint density at radius 3 is 2.67 bits per heavy atom. The summed E-state index contributed by atoms with van der Waals surface area (Å²) in [7, 11) is 0. The second-order valence-electron chi connectivity index (χ2n) is 5.16. The molecule has 0 saturated carbocycles. The van der Waals surface area contributed by atoms with Crippen LogP contribution < -0.4 is 5.32 Å². The van der Waals surface area contributed by atoms with Gasteiger partial charge in [-0.1, -0.05) is 39.0 Å². The largest absolute Gasteiger partial charge is 0.350 e. The number of carbonyl (C=O) groups is 1. The third kappa shape index (κ3) is 3.54. The van der Waals surface area contributed by atoms with Gasteiger partial charge in [0.2, 0.25) is 5.91 Å². The van der Waals surface area contributed by atoms with Gasteiger partial charge in [-0.2, -0.15) is 0 Å². The van der Waals surface area contributed by atoms with E-state index in [9.17, 15) is 4.79 Å². The fourth-order valence-electron chi connectivity index (χ4n) is 1.91. The average molecular weight is 207 g/mol. The van der Waals surface area contributed by atoms with Gasteiger partial charge in [-0.15, -0.1) is 0 Å². The lowest BCUT2D eigenvalue weighted by atomic mass is 9.79. The maximum atomic E-state index is 11.1. The molecule has 0 spiro atoms. The second-order valence-corrected chi connectivity index (χ2v) is 5.16. The van der Waals surface area contributed by atoms with Gasteiger partial charge < -0.3 is 5.32 Å². The molecule has 1 aliphatic rings. The van der Waals surface area contributed by atoms with Crippen LogP contribution in [-0.2, 0) is 4.79 Å². The summed E-state index contributed by atoms with van der Waals surface area (Å²) in [5, 5.41) is 2.94. The number of carbonyl (C=O) groups excluding carboxylic acids is 1. The Labute approximate surface area is 92.4 Å². The smallest absolute Gasteiger partial charge is 0.243 e. The van der Waals surface area contributed by atoms with Gasteiger partial charge in [0.15, 0.2) is 0 Å². The number of nitrogens with one attached hydrogen (secondary N) is 1. The Morgan fingerprint density at radius 2 is 2.27 bits per heavy atom. The van der Waals surface area contributed by atoms with Crippen molar-refractivity contribution >= 4 is 5.91 Å². The van der Waals surface area contributed by atoms with Crippen molar-refractivity contribution in [3.63, 3.8) is 0 Å². The van der Waals surface area contributed by atoms with Crippen LogP contribution in [0.25, 0.3) is 0 Å². The van der Waals surface area contributed by atoms with Gasteiger partial charge in [0, 0.05) is 6.04 Å². The SMILES string of the molecule is C=CC(=O)NC1CC=C(C(C)(C)C)CC1. The van der Waals surface area contributed by atoms with Gasteiger partial charge in [-0.25, -0.2) is 0 Å². The van der Waals surface area contributed by atoms with Crippen molar-refractivity contribution in [1.29, 1.82) is 0 Å². The van der Waals surface area contributed by atoms with E-state index in [1.54, 1.807) is 0 Å². The Balaban J connectivity index is 2.51. The van der Waals surface area contributed by atoms with E-state index >= 15 is 0 Å². The summed E-state index contributed by atoms with van der Waals surface area (Å²) in [4.78, 5) is 11.1. The lowest BCUT2D eigenvalue weighted by Crippen LogP contribution is -2.35. The van der Waals surface area contributed by atoms with Crippen molar-refractivity contribution in [3.8, 4) is 0 Å². The Bertz CT molecular complexity index is 283. The molecule has 0 radical (unpaired) electrons. The molecule has 1 N–H and O–H groups in total. The van der Waals surface area contributed by atoms with E-state index in [0.29, 0.717) is 6.04 Å². The Kier molecular flexibility index (Phi) is 3.72. The van der Waals surface area contributed by atoms with Crippen molar-refractivity contribution in [1.82, 2.24) is 5.32 Å². The zero-order valence-electron chi connectivity index (χ0n) is 9.97. The minimum atomic E-state index is -0.0624. The molecule has 0 bridgehead atoms. The highest BCUT2D eigenvalue weighted by Gasteiger charge is 2.22. The van der Waals surface area contributed by atoms with Crippen LogP contribution in [-0.4, -0.2) is 11.9 Å². The predicted octanol–water partition coefficient (Wildman–Crippen LogP) is 2.81. The molecule has 1 atom stereocenters. The summed E-state index contributed by atoms with van der Waals surface area (Å²) >= 11 is 0.